The molecule has 1 N–H and O–H groups in total. The van der Waals surface area contributed by atoms with E-state index in [9.17, 15) is 4.79 Å². The van der Waals surface area contributed by atoms with Crippen molar-refractivity contribution in [1.82, 2.24) is 10.2 Å². The summed E-state index contributed by atoms with van der Waals surface area (Å²) < 4.78 is 0. The Labute approximate surface area is 186 Å². The van der Waals surface area contributed by atoms with Crippen LogP contribution in [0.25, 0.3) is 0 Å². The van der Waals surface area contributed by atoms with E-state index < -0.39 is 0 Å². The van der Waals surface area contributed by atoms with Crippen molar-refractivity contribution in [3.05, 3.63) is 47.8 Å². The zero-order valence-electron chi connectivity index (χ0n) is 19.4. The Morgan fingerprint density at radius 1 is 1.27 bits per heavy atom. The van der Waals surface area contributed by atoms with Crippen molar-refractivity contribution in [2.75, 3.05) is 30.8 Å². The second-order valence-corrected chi connectivity index (χ2v) is 10.6. The molecule has 0 spiro atoms. The molecule has 3 fully saturated rings. The van der Waals surface area contributed by atoms with Gasteiger partial charge >= 0.3 is 0 Å². The van der Waals surface area contributed by atoms with Crippen LogP contribution in [0.1, 0.15) is 53.0 Å². The summed E-state index contributed by atoms with van der Waals surface area (Å²) in [5, 5.41) is 3.66. The molecule has 1 amide bonds. The standard InChI is InChI=1S/C25H37N3OS/c1-17(18(2)26-22-16-27-12-10-20(22)11-13-27)15-28(19(3)29)23-9-8-21(25(4,5)6)14-24(23)30-7/h8-9,14-15,20,22,26H,2,10-13,16H2,1,3-7H3/b17-15+. The topological polar surface area (TPSA) is 35.6 Å². The lowest BCUT2D eigenvalue weighted by Crippen LogP contribution is -2.55. The molecule has 3 aliphatic heterocycles. The van der Waals surface area contributed by atoms with Gasteiger partial charge < -0.3 is 10.2 Å². The first kappa shape index (κ1) is 23.0. The summed E-state index contributed by atoms with van der Waals surface area (Å²) in [5.74, 6) is 0.736. The maximum atomic E-state index is 12.6. The van der Waals surface area contributed by atoms with Crippen LogP contribution in [0, 0.1) is 5.92 Å². The van der Waals surface area contributed by atoms with Crippen molar-refractivity contribution < 1.29 is 4.79 Å². The second-order valence-electron chi connectivity index (χ2n) is 9.71. The van der Waals surface area contributed by atoms with Crippen molar-refractivity contribution in [1.29, 1.82) is 0 Å². The van der Waals surface area contributed by atoms with Crippen LogP contribution in [0.3, 0.4) is 0 Å². The monoisotopic (exact) mass is 427 g/mol. The quantitative estimate of drug-likeness (QED) is 0.502. The molecule has 3 aliphatic rings. The number of piperidine rings is 3. The first-order valence-corrected chi connectivity index (χ1v) is 12.2. The molecule has 0 radical (unpaired) electrons. The van der Waals surface area contributed by atoms with Gasteiger partial charge in [0.2, 0.25) is 5.91 Å². The number of allylic oxidation sites excluding steroid dienone is 1. The summed E-state index contributed by atoms with van der Waals surface area (Å²) in [7, 11) is 0. The Bertz CT molecular complexity index is 831. The lowest BCUT2D eigenvalue weighted by molar-refractivity contribution is -0.116. The molecule has 1 atom stereocenters. The molecule has 5 heteroatoms. The van der Waals surface area contributed by atoms with Crippen molar-refractivity contribution in [3.8, 4) is 0 Å². The molecule has 1 unspecified atom stereocenters. The second kappa shape index (κ2) is 9.19. The molecule has 164 valence electrons. The highest BCUT2D eigenvalue weighted by atomic mass is 32.2. The zero-order chi connectivity index (χ0) is 22.1. The number of rotatable bonds is 6. The molecule has 3 heterocycles. The highest BCUT2D eigenvalue weighted by Crippen LogP contribution is 2.35. The number of hydrogen-bond acceptors (Lipinski definition) is 4. The molecular formula is C25H37N3OS. The van der Waals surface area contributed by atoms with Gasteiger partial charge in [0.1, 0.15) is 0 Å². The number of nitrogens with zero attached hydrogens (tertiary/aromatic N) is 2. The summed E-state index contributed by atoms with van der Waals surface area (Å²) in [5.41, 5.74) is 4.18. The first-order valence-electron chi connectivity index (χ1n) is 10.9. The van der Waals surface area contributed by atoms with Gasteiger partial charge in [0.15, 0.2) is 0 Å². The zero-order valence-corrected chi connectivity index (χ0v) is 20.2. The SMILES string of the molecule is C=C(NC1CN2CCC1CC2)/C(C)=C/N(C(C)=O)c1ccc(C(C)(C)C)cc1SC. The third kappa shape index (κ3) is 5.12. The predicted molar refractivity (Wildman–Crippen MR) is 129 cm³/mol. The van der Waals surface area contributed by atoms with Crippen LogP contribution in [0.4, 0.5) is 5.69 Å². The minimum Gasteiger partial charge on any atom is -0.381 e. The van der Waals surface area contributed by atoms with Gasteiger partial charge in [0.25, 0.3) is 0 Å². The summed E-state index contributed by atoms with van der Waals surface area (Å²) in [6.07, 6.45) is 6.54. The van der Waals surface area contributed by atoms with Crippen LogP contribution < -0.4 is 10.2 Å². The van der Waals surface area contributed by atoms with Crippen LogP contribution in [-0.2, 0) is 10.2 Å². The van der Waals surface area contributed by atoms with E-state index in [-0.39, 0.29) is 11.3 Å². The molecular weight excluding hydrogens is 390 g/mol. The number of fused-ring (bicyclic) bond motifs is 3. The first-order chi connectivity index (χ1) is 14.1. The van der Waals surface area contributed by atoms with Crippen molar-refractivity contribution in [2.45, 2.75) is 63.8 Å². The molecule has 0 aliphatic carbocycles. The van der Waals surface area contributed by atoms with Gasteiger partial charge in [-0.3, -0.25) is 9.69 Å². The minimum absolute atomic E-state index is 0.00351. The Balaban J connectivity index is 1.81. The molecule has 4 nitrogen and oxygen atoms in total. The molecule has 2 bridgehead atoms. The fourth-order valence-corrected chi connectivity index (χ4v) is 5.03. The number of hydrogen-bond donors (Lipinski definition) is 1. The van der Waals surface area contributed by atoms with Crippen molar-refractivity contribution in [2.24, 2.45) is 5.92 Å². The van der Waals surface area contributed by atoms with E-state index in [0.29, 0.717) is 6.04 Å². The number of anilines is 1. The highest BCUT2D eigenvalue weighted by Gasteiger charge is 2.34. The van der Waals surface area contributed by atoms with Gasteiger partial charge in [-0.25, -0.2) is 0 Å². The van der Waals surface area contributed by atoms with E-state index >= 15 is 0 Å². The third-order valence-corrected chi connectivity index (χ3v) is 7.23. The fraction of sp³-hybridized carbons (Fsp3) is 0.560. The Morgan fingerprint density at radius 3 is 2.43 bits per heavy atom. The average molecular weight is 428 g/mol. The molecule has 1 aromatic carbocycles. The van der Waals surface area contributed by atoms with Crippen LogP contribution in [0.5, 0.6) is 0 Å². The van der Waals surface area contributed by atoms with Crippen LogP contribution >= 0.6 is 11.8 Å². The summed E-state index contributed by atoms with van der Waals surface area (Å²) in [6.45, 7) is 18.1. The smallest absolute Gasteiger partial charge is 0.227 e. The van der Waals surface area contributed by atoms with Gasteiger partial charge in [-0.15, -0.1) is 11.8 Å². The lowest BCUT2D eigenvalue weighted by atomic mass is 9.84. The Morgan fingerprint density at radius 2 is 1.93 bits per heavy atom. The maximum Gasteiger partial charge on any atom is 0.227 e. The molecule has 4 rings (SSSR count). The van der Waals surface area contributed by atoms with E-state index in [1.165, 1.54) is 31.5 Å². The summed E-state index contributed by atoms with van der Waals surface area (Å²) in [4.78, 5) is 18.0. The van der Waals surface area contributed by atoms with E-state index in [4.69, 9.17) is 0 Å². The summed E-state index contributed by atoms with van der Waals surface area (Å²) in [6, 6.07) is 6.87. The van der Waals surface area contributed by atoms with Crippen LogP contribution in [0.15, 0.2) is 47.1 Å². The molecule has 30 heavy (non-hydrogen) atoms. The van der Waals surface area contributed by atoms with Gasteiger partial charge in [0, 0.05) is 36.3 Å². The molecule has 0 saturated carbocycles. The van der Waals surface area contributed by atoms with Gasteiger partial charge in [-0.2, -0.15) is 0 Å². The van der Waals surface area contributed by atoms with E-state index in [2.05, 4.69) is 62.0 Å². The highest BCUT2D eigenvalue weighted by molar-refractivity contribution is 7.98. The van der Waals surface area contributed by atoms with Crippen LogP contribution in [-0.4, -0.2) is 42.7 Å². The van der Waals surface area contributed by atoms with Crippen LogP contribution in [0.2, 0.25) is 0 Å². The lowest BCUT2D eigenvalue weighted by Gasteiger charge is -2.45. The molecule has 0 aromatic heterocycles. The largest absolute Gasteiger partial charge is 0.381 e. The maximum absolute atomic E-state index is 12.6. The van der Waals surface area contributed by atoms with Gasteiger partial charge in [0.05, 0.1) is 5.69 Å². The normalized spacial score (nSPS) is 23.9. The molecule has 3 saturated heterocycles. The third-order valence-electron chi connectivity index (χ3n) is 6.46. The van der Waals surface area contributed by atoms with E-state index in [0.717, 1.165) is 34.3 Å². The van der Waals surface area contributed by atoms with E-state index in [1.807, 2.05) is 13.1 Å². The number of nitrogens with one attached hydrogen (secondary N) is 1. The fourth-order valence-electron chi connectivity index (χ4n) is 4.41. The Kier molecular flexibility index (Phi) is 7.03. The van der Waals surface area contributed by atoms with Gasteiger partial charge in [-0.05, 0) is 73.7 Å². The van der Waals surface area contributed by atoms with E-state index in [1.54, 1.807) is 23.6 Å². The number of amides is 1. The predicted octanol–water partition coefficient (Wildman–Crippen LogP) is 5.16. The average Bonchev–Trinajstić information content (AvgIpc) is 2.71. The van der Waals surface area contributed by atoms with Crippen molar-refractivity contribution in [3.63, 3.8) is 0 Å². The number of benzene rings is 1. The number of carbonyl (C=O) groups excluding carboxylic acids is 1. The van der Waals surface area contributed by atoms with Gasteiger partial charge in [-0.1, -0.05) is 33.4 Å². The number of carbonyl (C=O) groups is 1. The summed E-state index contributed by atoms with van der Waals surface area (Å²) >= 11 is 1.68. The number of thioether (sulfide) groups is 1. The Hall–Kier alpha value is -1.72. The minimum atomic E-state index is 0.00351. The molecule has 1 aromatic rings. The van der Waals surface area contributed by atoms with Crippen molar-refractivity contribution >= 4 is 23.4 Å².